The molecule has 7 heteroatoms. The number of aromatic nitrogens is 1. The standard InChI is InChI=1S/C18H19Cl2N3O2/c1-12(25-16-8-14(19)7-15(20)9-16)18(24)23-6-5-22-11-17(23)13-3-2-4-21-10-13/h2-4,7-10,12,17,22H,5-6,11H2,1H3. The van der Waals surface area contributed by atoms with Crippen molar-refractivity contribution in [3.05, 3.63) is 58.3 Å². The van der Waals surface area contributed by atoms with E-state index in [9.17, 15) is 4.79 Å². The molecule has 2 unspecified atom stereocenters. The van der Waals surface area contributed by atoms with E-state index in [-0.39, 0.29) is 11.9 Å². The highest BCUT2D eigenvalue weighted by Gasteiger charge is 2.31. The molecule has 1 aromatic carbocycles. The Hall–Kier alpha value is -1.82. The van der Waals surface area contributed by atoms with E-state index in [4.69, 9.17) is 27.9 Å². The van der Waals surface area contributed by atoms with Gasteiger partial charge in [-0.2, -0.15) is 0 Å². The number of amides is 1. The van der Waals surface area contributed by atoms with Gasteiger partial charge >= 0.3 is 0 Å². The lowest BCUT2D eigenvalue weighted by atomic mass is 10.0. The predicted molar refractivity (Wildman–Crippen MR) is 98.1 cm³/mol. The number of benzene rings is 1. The van der Waals surface area contributed by atoms with Gasteiger partial charge in [-0.25, -0.2) is 0 Å². The van der Waals surface area contributed by atoms with E-state index in [0.717, 1.165) is 12.1 Å². The van der Waals surface area contributed by atoms with Crippen LogP contribution in [-0.4, -0.2) is 41.5 Å². The minimum atomic E-state index is -0.646. The van der Waals surface area contributed by atoms with Crippen molar-refractivity contribution >= 4 is 29.1 Å². The van der Waals surface area contributed by atoms with Crippen molar-refractivity contribution in [1.29, 1.82) is 0 Å². The molecule has 1 N–H and O–H groups in total. The highest BCUT2D eigenvalue weighted by atomic mass is 35.5. The number of halogens is 2. The van der Waals surface area contributed by atoms with Crippen LogP contribution in [0.4, 0.5) is 0 Å². The van der Waals surface area contributed by atoms with Gasteiger partial charge in [-0.05, 0) is 36.8 Å². The van der Waals surface area contributed by atoms with Gasteiger partial charge in [0.25, 0.3) is 5.91 Å². The smallest absolute Gasteiger partial charge is 0.263 e. The number of carbonyl (C=O) groups excluding carboxylic acids is 1. The zero-order valence-corrected chi connectivity index (χ0v) is 15.3. The molecule has 1 fully saturated rings. The molecule has 1 saturated heterocycles. The average molecular weight is 380 g/mol. The van der Waals surface area contributed by atoms with Gasteiger partial charge in [0.05, 0.1) is 6.04 Å². The van der Waals surface area contributed by atoms with Crippen molar-refractivity contribution in [3.8, 4) is 5.75 Å². The summed E-state index contributed by atoms with van der Waals surface area (Å²) < 4.78 is 5.78. The third-order valence-electron chi connectivity index (χ3n) is 4.09. The van der Waals surface area contributed by atoms with Crippen LogP contribution in [-0.2, 0) is 4.79 Å². The van der Waals surface area contributed by atoms with Crippen molar-refractivity contribution in [2.45, 2.75) is 19.1 Å². The second-order valence-electron chi connectivity index (χ2n) is 5.90. The molecule has 1 aliphatic heterocycles. The minimum absolute atomic E-state index is 0.0658. The summed E-state index contributed by atoms with van der Waals surface area (Å²) in [7, 11) is 0. The fourth-order valence-corrected chi connectivity index (χ4v) is 3.43. The Morgan fingerprint density at radius 2 is 2.12 bits per heavy atom. The van der Waals surface area contributed by atoms with Crippen LogP contribution in [0.5, 0.6) is 5.75 Å². The van der Waals surface area contributed by atoms with Gasteiger partial charge in [0.2, 0.25) is 0 Å². The molecule has 0 aliphatic carbocycles. The Bertz CT molecular complexity index is 722. The van der Waals surface area contributed by atoms with E-state index < -0.39 is 6.10 Å². The third kappa shape index (κ3) is 4.42. The predicted octanol–water partition coefficient (Wildman–Crippen LogP) is 3.33. The van der Waals surface area contributed by atoms with Gasteiger partial charge < -0.3 is 15.0 Å². The first-order chi connectivity index (χ1) is 12.0. The fraction of sp³-hybridized carbons (Fsp3) is 0.333. The van der Waals surface area contributed by atoms with Crippen LogP contribution < -0.4 is 10.1 Å². The van der Waals surface area contributed by atoms with Gasteiger partial charge in [0.15, 0.2) is 6.10 Å². The van der Waals surface area contributed by atoms with Crippen molar-refractivity contribution < 1.29 is 9.53 Å². The first-order valence-corrected chi connectivity index (χ1v) is 8.84. The Kier molecular flexibility index (Phi) is 5.78. The molecule has 1 amide bonds. The zero-order chi connectivity index (χ0) is 17.8. The monoisotopic (exact) mass is 379 g/mol. The van der Waals surface area contributed by atoms with E-state index >= 15 is 0 Å². The second-order valence-corrected chi connectivity index (χ2v) is 6.78. The Labute approximate surface area is 156 Å². The van der Waals surface area contributed by atoms with Crippen LogP contribution in [0.1, 0.15) is 18.5 Å². The molecule has 5 nitrogen and oxygen atoms in total. The summed E-state index contributed by atoms with van der Waals surface area (Å²) in [5.41, 5.74) is 1.00. The van der Waals surface area contributed by atoms with Gasteiger partial charge in [-0.3, -0.25) is 9.78 Å². The lowest BCUT2D eigenvalue weighted by molar-refractivity contribution is -0.141. The molecule has 0 saturated carbocycles. The molecule has 25 heavy (non-hydrogen) atoms. The van der Waals surface area contributed by atoms with Crippen LogP contribution in [0.3, 0.4) is 0 Å². The van der Waals surface area contributed by atoms with Gasteiger partial charge in [-0.1, -0.05) is 29.3 Å². The first kappa shape index (κ1) is 18.0. The van der Waals surface area contributed by atoms with Crippen LogP contribution in [0.2, 0.25) is 10.0 Å². The summed E-state index contributed by atoms with van der Waals surface area (Å²) >= 11 is 12.0. The summed E-state index contributed by atoms with van der Waals surface area (Å²) in [4.78, 5) is 18.9. The zero-order valence-electron chi connectivity index (χ0n) is 13.8. The molecule has 1 aromatic heterocycles. The highest BCUT2D eigenvalue weighted by Crippen LogP contribution is 2.27. The lowest BCUT2D eigenvalue weighted by Gasteiger charge is -2.37. The third-order valence-corrected chi connectivity index (χ3v) is 4.53. The Morgan fingerprint density at radius 1 is 1.36 bits per heavy atom. The number of carbonyl (C=O) groups is 1. The highest BCUT2D eigenvalue weighted by molar-refractivity contribution is 6.34. The lowest BCUT2D eigenvalue weighted by Crippen LogP contribution is -2.52. The van der Waals surface area contributed by atoms with Crippen molar-refractivity contribution in [2.24, 2.45) is 0 Å². The summed E-state index contributed by atoms with van der Waals surface area (Å²) in [6.07, 6.45) is 2.87. The number of pyridine rings is 1. The minimum Gasteiger partial charge on any atom is -0.481 e. The van der Waals surface area contributed by atoms with E-state index in [2.05, 4.69) is 10.3 Å². The summed E-state index contributed by atoms with van der Waals surface area (Å²) in [5, 5.41) is 4.26. The SMILES string of the molecule is CC(Oc1cc(Cl)cc(Cl)c1)C(=O)N1CCNCC1c1cccnc1. The van der Waals surface area contributed by atoms with Gasteiger partial charge in [0, 0.05) is 42.1 Å². The molecule has 2 atom stereocenters. The van der Waals surface area contributed by atoms with Crippen LogP contribution in [0, 0.1) is 0 Å². The number of piperazine rings is 1. The number of ether oxygens (including phenoxy) is 1. The molecule has 2 aromatic rings. The van der Waals surface area contributed by atoms with Crippen molar-refractivity contribution in [3.63, 3.8) is 0 Å². The molecule has 1 aliphatic rings. The summed E-state index contributed by atoms with van der Waals surface area (Å²) in [6, 6.07) is 8.70. The fourth-order valence-electron chi connectivity index (χ4n) is 2.92. The molecule has 0 spiro atoms. The Morgan fingerprint density at radius 3 is 2.80 bits per heavy atom. The van der Waals surface area contributed by atoms with Crippen molar-refractivity contribution in [1.82, 2.24) is 15.2 Å². The van der Waals surface area contributed by atoms with E-state index in [1.165, 1.54) is 0 Å². The largest absolute Gasteiger partial charge is 0.481 e. The second kappa shape index (κ2) is 8.04. The van der Waals surface area contributed by atoms with E-state index in [1.54, 1.807) is 37.5 Å². The molecular weight excluding hydrogens is 361 g/mol. The maximum Gasteiger partial charge on any atom is 0.263 e. The first-order valence-electron chi connectivity index (χ1n) is 8.08. The molecule has 3 rings (SSSR count). The Balaban J connectivity index is 1.75. The van der Waals surface area contributed by atoms with Gasteiger partial charge in [-0.15, -0.1) is 0 Å². The summed E-state index contributed by atoms with van der Waals surface area (Å²) in [6.45, 7) is 3.78. The van der Waals surface area contributed by atoms with Crippen LogP contribution in [0.15, 0.2) is 42.7 Å². The average Bonchev–Trinajstić information content (AvgIpc) is 2.61. The maximum absolute atomic E-state index is 12.9. The maximum atomic E-state index is 12.9. The summed E-state index contributed by atoms with van der Waals surface area (Å²) in [5.74, 6) is 0.401. The number of nitrogens with one attached hydrogen (secondary N) is 1. The number of nitrogens with zero attached hydrogens (tertiary/aromatic N) is 2. The quantitative estimate of drug-likeness (QED) is 0.884. The van der Waals surface area contributed by atoms with Crippen LogP contribution in [0.25, 0.3) is 0 Å². The van der Waals surface area contributed by atoms with E-state index in [0.29, 0.717) is 28.9 Å². The topological polar surface area (TPSA) is 54.5 Å². The molecule has 0 radical (unpaired) electrons. The number of rotatable bonds is 4. The molecule has 132 valence electrons. The molecule has 2 heterocycles. The number of hydrogen-bond acceptors (Lipinski definition) is 4. The van der Waals surface area contributed by atoms with Gasteiger partial charge in [0.1, 0.15) is 5.75 Å². The van der Waals surface area contributed by atoms with Crippen LogP contribution >= 0.6 is 23.2 Å². The van der Waals surface area contributed by atoms with E-state index in [1.807, 2.05) is 17.0 Å². The molecule has 0 bridgehead atoms. The normalized spacial score (nSPS) is 18.7. The molecular formula is C18H19Cl2N3O2. The number of hydrogen-bond donors (Lipinski definition) is 1. The van der Waals surface area contributed by atoms with Crippen molar-refractivity contribution in [2.75, 3.05) is 19.6 Å².